The van der Waals surface area contributed by atoms with Gasteiger partial charge in [-0.1, -0.05) is 18.2 Å². The van der Waals surface area contributed by atoms with Crippen LogP contribution in [-0.4, -0.2) is 47.8 Å². The van der Waals surface area contributed by atoms with Crippen LogP contribution in [0.15, 0.2) is 53.4 Å². The van der Waals surface area contributed by atoms with Crippen LogP contribution in [0.3, 0.4) is 0 Å². The molecule has 0 saturated carbocycles. The molecule has 1 aliphatic heterocycles. The Labute approximate surface area is 155 Å². The summed E-state index contributed by atoms with van der Waals surface area (Å²) in [5, 5.41) is 6.75. The first-order chi connectivity index (χ1) is 13.0. The number of nitrogens with zero attached hydrogens (tertiary/aromatic N) is 2. The van der Waals surface area contributed by atoms with E-state index in [9.17, 15) is 17.6 Å². The number of rotatable bonds is 3. The van der Waals surface area contributed by atoms with E-state index in [4.69, 9.17) is 0 Å². The highest BCUT2D eigenvalue weighted by Crippen LogP contribution is 2.26. The number of sulfone groups is 1. The van der Waals surface area contributed by atoms with Crippen LogP contribution in [0.1, 0.15) is 23.3 Å². The van der Waals surface area contributed by atoms with Crippen molar-refractivity contribution >= 4 is 26.6 Å². The molecule has 1 N–H and O–H groups in total. The Morgan fingerprint density at radius 1 is 1.11 bits per heavy atom. The van der Waals surface area contributed by atoms with Crippen LogP contribution in [0.4, 0.5) is 4.39 Å². The van der Waals surface area contributed by atoms with Crippen molar-refractivity contribution in [2.75, 3.05) is 13.1 Å². The summed E-state index contributed by atoms with van der Waals surface area (Å²) >= 11 is 0. The summed E-state index contributed by atoms with van der Waals surface area (Å²) in [5.41, 5.74) is 0.689. The maximum absolute atomic E-state index is 13.3. The van der Waals surface area contributed by atoms with Crippen LogP contribution in [0.2, 0.25) is 0 Å². The van der Waals surface area contributed by atoms with E-state index in [0.717, 1.165) is 0 Å². The predicted octanol–water partition coefficient (Wildman–Crippen LogP) is 2.78. The number of H-pyrrole nitrogens is 1. The first-order valence-electron chi connectivity index (χ1n) is 8.68. The quantitative estimate of drug-likeness (QED) is 0.749. The molecule has 1 fully saturated rings. The van der Waals surface area contributed by atoms with Crippen LogP contribution in [-0.2, 0) is 9.84 Å². The smallest absolute Gasteiger partial charge is 0.274 e. The minimum atomic E-state index is -3.41. The van der Waals surface area contributed by atoms with E-state index >= 15 is 0 Å². The Bertz CT molecular complexity index is 1090. The fourth-order valence-electron chi connectivity index (χ4n) is 3.48. The Balaban J connectivity index is 1.50. The molecule has 0 atom stereocenters. The zero-order chi connectivity index (χ0) is 19.0. The van der Waals surface area contributed by atoms with Gasteiger partial charge in [0.1, 0.15) is 5.82 Å². The van der Waals surface area contributed by atoms with Gasteiger partial charge in [-0.25, -0.2) is 12.8 Å². The third kappa shape index (κ3) is 3.21. The zero-order valence-corrected chi connectivity index (χ0v) is 15.2. The molecule has 0 unspecified atom stereocenters. The molecule has 27 heavy (non-hydrogen) atoms. The summed E-state index contributed by atoms with van der Waals surface area (Å²) in [7, 11) is -3.41. The number of nitrogens with one attached hydrogen (secondary N) is 1. The van der Waals surface area contributed by atoms with Gasteiger partial charge in [0.25, 0.3) is 5.91 Å². The average molecular weight is 387 g/mol. The number of amides is 1. The molecule has 1 saturated heterocycles. The van der Waals surface area contributed by atoms with Crippen LogP contribution in [0, 0.1) is 5.82 Å². The van der Waals surface area contributed by atoms with Gasteiger partial charge in [-0.3, -0.25) is 9.89 Å². The Hall–Kier alpha value is -2.74. The second kappa shape index (κ2) is 6.77. The molecular formula is C19H18FN3O3S. The minimum absolute atomic E-state index is 0.231. The summed E-state index contributed by atoms with van der Waals surface area (Å²) in [4.78, 5) is 14.7. The number of halogens is 1. The molecule has 6 nitrogen and oxygen atoms in total. The largest absolute Gasteiger partial charge is 0.337 e. The lowest BCUT2D eigenvalue weighted by atomic mass is 10.1. The normalized spacial score (nSPS) is 16.0. The van der Waals surface area contributed by atoms with Crippen molar-refractivity contribution in [3.63, 3.8) is 0 Å². The lowest BCUT2D eigenvalue weighted by Crippen LogP contribution is -2.42. The minimum Gasteiger partial charge on any atom is -0.337 e. The highest BCUT2D eigenvalue weighted by atomic mass is 32.2. The number of likely N-dealkylation sites (tertiary alicyclic amines) is 1. The first kappa shape index (κ1) is 17.7. The highest BCUT2D eigenvalue weighted by Gasteiger charge is 2.33. The lowest BCUT2D eigenvalue weighted by molar-refractivity contribution is 0.0721. The molecule has 1 aliphatic rings. The third-order valence-corrected chi connectivity index (χ3v) is 7.25. The number of piperidine rings is 1. The monoisotopic (exact) mass is 387 g/mol. The van der Waals surface area contributed by atoms with E-state index in [1.54, 1.807) is 35.2 Å². The number of hydrogen-bond acceptors (Lipinski definition) is 4. The number of fused-ring (bicyclic) bond motifs is 1. The topological polar surface area (TPSA) is 83.1 Å². The second-order valence-electron chi connectivity index (χ2n) is 6.61. The highest BCUT2D eigenvalue weighted by molar-refractivity contribution is 7.92. The van der Waals surface area contributed by atoms with E-state index < -0.39 is 20.9 Å². The van der Waals surface area contributed by atoms with Crippen LogP contribution >= 0.6 is 0 Å². The summed E-state index contributed by atoms with van der Waals surface area (Å²) in [6, 6.07) is 12.5. The average Bonchev–Trinajstić information content (AvgIpc) is 3.11. The molecule has 0 aliphatic carbocycles. The van der Waals surface area contributed by atoms with Gasteiger partial charge in [-0.05, 0) is 43.2 Å². The second-order valence-corrected chi connectivity index (χ2v) is 8.84. The molecular weight excluding hydrogens is 369 g/mol. The molecule has 4 rings (SSSR count). The summed E-state index contributed by atoms with van der Waals surface area (Å²) in [5.74, 6) is -0.680. The summed E-state index contributed by atoms with van der Waals surface area (Å²) in [6.45, 7) is 0.677. The van der Waals surface area contributed by atoms with Gasteiger partial charge in [-0.2, -0.15) is 5.10 Å². The molecule has 3 aromatic rings. The van der Waals surface area contributed by atoms with Gasteiger partial charge in [0.2, 0.25) is 0 Å². The van der Waals surface area contributed by atoms with Crippen molar-refractivity contribution in [2.24, 2.45) is 0 Å². The van der Waals surface area contributed by atoms with E-state index in [0.29, 0.717) is 41.7 Å². The van der Waals surface area contributed by atoms with E-state index in [1.807, 2.05) is 0 Å². The van der Waals surface area contributed by atoms with Crippen molar-refractivity contribution in [3.8, 4) is 0 Å². The van der Waals surface area contributed by atoms with Crippen LogP contribution in [0.25, 0.3) is 10.9 Å². The van der Waals surface area contributed by atoms with Gasteiger partial charge in [0, 0.05) is 18.5 Å². The molecule has 0 radical (unpaired) electrons. The Morgan fingerprint density at radius 2 is 1.81 bits per heavy atom. The number of carbonyl (C=O) groups is 1. The maximum Gasteiger partial charge on any atom is 0.274 e. The van der Waals surface area contributed by atoms with Crippen molar-refractivity contribution in [3.05, 3.63) is 60.0 Å². The standard InChI is InChI=1S/C19H18FN3O3S/c20-13-6-7-16-17(12-13)21-22-18(16)19(24)23-10-8-15(9-11-23)27(25,26)14-4-2-1-3-5-14/h1-7,12,15H,8-11H2,(H,21,22). The number of benzene rings is 2. The number of hydrogen-bond donors (Lipinski definition) is 1. The van der Waals surface area contributed by atoms with Crippen LogP contribution in [0.5, 0.6) is 0 Å². The third-order valence-electron chi connectivity index (χ3n) is 4.97. The van der Waals surface area contributed by atoms with Crippen molar-refractivity contribution in [2.45, 2.75) is 23.0 Å². The van der Waals surface area contributed by atoms with Gasteiger partial charge in [-0.15, -0.1) is 0 Å². The summed E-state index contributed by atoms with van der Waals surface area (Å²) < 4.78 is 38.8. The van der Waals surface area contributed by atoms with E-state index in [2.05, 4.69) is 10.2 Å². The number of carbonyl (C=O) groups excluding carboxylic acids is 1. The fraction of sp³-hybridized carbons (Fsp3) is 0.263. The number of aromatic amines is 1. The van der Waals surface area contributed by atoms with E-state index in [1.165, 1.54) is 18.2 Å². The molecule has 2 heterocycles. The van der Waals surface area contributed by atoms with Crippen molar-refractivity contribution < 1.29 is 17.6 Å². The molecule has 8 heteroatoms. The van der Waals surface area contributed by atoms with Gasteiger partial charge in [0.05, 0.1) is 15.7 Å². The predicted molar refractivity (Wildman–Crippen MR) is 98.6 cm³/mol. The van der Waals surface area contributed by atoms with E-state index in [-0.39, 0.29) is 11.6 Å². The molecule has 1 amide bonds. The molecule has 0 bridgehead atoms. The van der Waals surface area contributed by atoms with Gasteiger partial charge in [0.15, 0.2) is 15.5 Å². The van der Waals surface area contributed by atoms with Crippen molar-refractivity contribution in [1.29, 1.82) is 0 Å². The lowest BCUT2D eigenvalue weighted by Gasteiger charge is -2.31. The maximum atomic E-state index is 13.3. The van der Waals surface area contributed by atoms with Crippen LogP contribution < -0.4 is 0 Å². The first-order valence-corrected chi connectivity index (χ1v) is 10.2. The SMILES string of the molecule is O=C(c1n[nH]c2cc(F)ccc12)N1CCC(S(=O)(=O)c2ccccc2)CC1. The number of aromatic nitrogens is 2. The fourth-order valence-corrected chi connectivity index (χ4v) is 5.23. The van der Waals surface area contributed by atoms with Gasteiger partial charge >= 0.3 is 0 Å². The molecule has 2 aromatic carbocycles. The molecule has 1 aromatic heterocycles. The Kier molecular flexibility index (Phi) is 4.43. The summed E-state index contributed by atoms with van der Waals surface area (Å²) in [6.07, 6.45) is 0.750. The van der Waals surface area contributed by atoms with Gasteiger partial charge < -0.3 is 4.90 Å². The Morgan fingerprint density at radius 3 is 2.52 bits per heavy atom. The van der Waals surface area contributed by atoms with Crippen molar-refractivity contribution in [1.82, 2.24) is 15.1 Å². The molecule has 140 valence electrons. The molecule has 0 spiro atoms. The zero-order valence-electron chi connectivity index (χ0n) is 14.4.